The summed E-state index contributed by atoms with van der Waals surface area (Å²) >= 11 is 0. The minimum Gasteiger partial charge on any atom is -0.497 e. The molecule has 0 saturated carbocycles. The monoisotopic (exact) mass is 620 g/mol. The molecule has 3 atom stereocenters. The lowest BCUT2D eigenvalue weighted by molar-refractivity contribution is -0.149. The fraction of sp³-hybridized carbons (Fsp3) is 0.594. The Morgan fingerprint density at radius 2 is 1.65 bits per heavy atom. The van der Waals surface area contributed by atoms with E-state index in [-0.39, 0.29) is 30.3 Å². The Morgan fingerprint density at radius 1 is 1.05 bits per heavy atom. The van der Waals surface area contributed by atoms with Crippen molar-refractivity contribution in [2.24, 2.45) is 5.92 Å². The van der Waals surface area contributed by atoms with Crippen molar-refractivity contribution in [3.05, 3.63) is 60.2 Å². The van der Waals surface area contributed by atoms with Crippen molar-refractivity contribution in [1.82, 2.24) is 9.21 Å². The maximum Gasteiger partial charge on any atom is 0.408 e. The van der Waals surface area contributed by atoms with Crippen LogP contribution in [0, 0.1) is 5.92 Å². The molecule has 43 heavy (non-hydrogen) atoms. The van der Waals surface area contributed by atoms with E-state index in [0.717, 1.165) is 5.56 Å². The number of aliphatic hydroxyl groups excluding tert-OH is 1. The van der Waals surface area contributed by atoms with Gasteiger partial charge in [-0.25, -0.2) is 13.2 Å². The molecule has 2 N–H and O–H groups in total. The van der Waals surface area contributed by atoms with Gasteiger partial charge in [-0.15, -0.1) is 0 Å². The van der Waals surface area contributed by atoms with Crippen LogP contribution < -0.4 is 4.74 Å². The smallest absolute Gasteiger partial charge is 0.408 e. The van der Waals surface area contributed by atoms with Gasteiger partial charge in [0.25, 0.3) is 0 Å². The van der Waals surface area contributed by atoms with Gasteiger partial charge >= 0.3 is 6.09 Å². The predicted octanol–water partition coefficient (Wildman–Crippen LogP) is 5.01. The van der Waals surface area contributed by atoms with E-state index in [1.165, 1.54) is 28.4 Å². The molecule has 3 rings (SSSR count). The number of hydrogen-bond acceptors (Lipinski definition) is 7. The molecule has 2 aromatic rings. The van der Waals surface area contributed by atoms with E-state index in [1.807, 2.05) is 44.2 Å². The Morgan fingerprint density at radius 3 is 2.16 bits per heavy atom. The Labute approximate surface area is 256 Å². The molecule has 1 amide bonds. The first-order valence-corrected chi connectivity index (χ1v) is 16.3. The number of nitrogens with zero attached hydrogens (tertiary/aromatic N) is 2. The summed E-state index contributed by atoms with van der Waals surface area (Å²) in [5.41, 5.74) is -0.0166. The first-order valence-electron chi connectivity index (χ1n) is 14.9. The van der Waals surface area contributed by atoms with Crippen LogP contribution in [0.4, 0.5) is 4.79 Å². The molecule has 0 radical (unpaired) electrons. The number of rotatable bonds is 15. The van der Waals surface area contributed by atoms with E-state index < -0.39 is 39.6 Å². The van der Waals surface area contributed by atoms with Crippen LogP contribution in [0.15, 0.2) is 59.5 Å². The van der Waals surface area contributed by atoms with Gasteiger partial charge in [-0.05, 0) is 76.3 Å². The highest BCUT2D eigenvalue weighted by atomic mass is 32.2. The summed E-state index contributed by atoms with van der Waals surface area (Å²) in [4.78, 5) is 13.9. The maximum absolute atomic E-state index is 14.1. The number of carbonyl (C=O) groups is 1. The fourth-order valence-corrected chi connectivity index (χ4v) is 7.09. The highest BCUT2D eigenvalue weighted by molar-refractivity contribution is 7.89. The van der Waals surface area contributed by atoms with E-state index in [0.29, 0.717) is 38.2 Å². The van der Waals surface area contributed by atoms with Crippen LogP contribution in [0.2, 0.25) is 0 Å². The third-order valence-corrected chi connectivity index (χ3v) is 9.87. The third kappa shape index (κ3) is 9.39. The second-order valence-corrected chi connectivity index (χ2v) is 14.2. The van der Waals surface area contributed by atoms with E-state index in [4.69, 9.17) is 14.2 Å². The number of benzene rings is 2. The largest absolute Gasteiger partial charge is 0.497 e. The molecule has 10 nitrogen and oxygen atoms in total. The first kappa shape index (κ1) is 34.8. The normalized spacial score (nSPS) is 17.4. The van der Waals surface area contributed by atoms with Crippen molar-refractivity contribution in [3.8, 4) is 5.75 Å². The van der Waals surface area contributed by atoms with E-state index in [1.54, 1.807) is 32.9 Å². The zero-order valence-corrected chi connectivity index (χ0v) is 27.0. The molecule has 1 aliphatic rings. The summed E-state index contributed by atoms with van der Waals surface area (Å²) in [5, 5.41) is 22.0. The molecular formula is C32H48N2O8S. The van der Waals surface area contributed by atoms with Crippen LogP contribution in [0.1, 0.15) is 59.4 Å². The second kappa shape index (κ2) is 14.9. The molecular weight excluding hydrogens is 572 g/mol. The van der Waals surface area contributed by atoms with Crippen LogP contribution >= 0.6 is 0 Å². The summed E-state index contributed by atoms with van der Waals surface area (Å²) in [7, 11) is -2.57. The van der Waals surface area contributed by atoms with Gasteiger partial charge in [0.2, 0.25) is 10.0 Å². The summed E-state index contributed by atoms with van der Waals surface area (Å²) in [6.07, 6.45) is -0.357. The lowest BCUT2D eigenvalue weighted by atomic mass is 9.94. The van der Waals surface area contributed by atoms with Gasteiger partial charge in [-0.3, -0.25) is 4.90 Å². The molecule has 1 aliphatic heterocycles. The SMILES string of the molecule is CCC(CCC1(C)OCCO1)CN(C[C@@H](O)[C@H](Cc1ccccc1)N(C(=O)O)C(C)(C)C)S(=O)(=O)c1ccc(OC)cc1. The second-order valence-electron chi connectivity index (χ2n) is 12.3. The van der Waals surface area contributed by atoms with Gasteiger partial charge in [0.05, 0.1) is 37.4 Å². The van der Waals surface area contributed by atoms with Crippen LogP contribution in [0.3, 0.4) is 0 Å². The Hall–Kier alpha value is -2.70. The molecule has 11 heteroatoms. The number of hydrogen-bond donors (Lipinski definition) is 2. The maximum atomic E-state index is 14.1. The summed E-state index contributed by atoms with van der Waals surface area (Å²) in [6.45, 7) is 10.1. The number of amides is 1. The van der Waals surface area contributed by atoms with Gasteiger partial charge in [0.1, 0.15) is 5.75 Å². The molecule has 0 aromatic heterocycles. The molecule has 240 valence electrons. The third-order valence-electron chi connectivity index (χ3n) is 8.02. The van der Waals surface area contributed by atoms with Gasteiger partial charge in [-0.1, -0.05) is 43.7 Å². The van der Waals surface area contributed by atoms with E-state index in [9.17, 15) is 23.4 Å². The minimum absolute atomic E-state index is 0.0596. The van der Waals surface area contributed by atoms with Crippen molar-refractivity contribution < 1.29 is 37.6 Å². The van der Waals surface area contributed by atoms with Gasteiger partial charge in [-0.2, -0.15) is 4.31 Å². The lowest BCUT2D eigenvalue weighted by Crippen LogP contribution is -2.58. The molecule has 0 bridgehead atoms. The summed E-state index contributed by atoms with van der Waals surface area (Å²) in [6, 6.07) is 14.5. The highest BCUT2D eigenvalue weighted by Crippen LogP contribution is 2.30. The Balaban J connectivity index is 1.97. The van der Waals surface area contributed by atoms with Crippen LogP contribution in [0.25, 0.3) is 0 Å². The topological polar surface area (TPSA) is 126 Å². The standard InChI is InChI=1S/C32H48N2O8S/c1-7-24(17-18-32(5)41-19-20-42-32)22-33(43(38,39)27-15-13-26(40-6)14-16-27)23-29(35)28(21-25-11-9-8-10-12-25)34(30(36)37)31(2,3)4/h8-16,24,28-29,35H,7,17-23H2,1-6H3,(H,36,37)/t24?,28-,29+/m0/s1. The first-order chi connectivity index (χ1) is 20.2. The molecule has 0 spiro atoms. The molecule has 2 aromatic carbocycles. The van der Waals surface area contributed by atoms with Gasteiger partial charge in [0.15, 0.2) is 5.79 Å². The number of carboxylic acid groups (broad SMARTS) is 1. The zero-order valence-electron chi connectivity index (χ0n) is 26.2. The zero-order chi connectivity index (χ0) is 31.8. The quantitative estimate of drug-likeness (QED) is 0.285. The summed E-state index contributed by atoms with van der Waals surface area (Å²) in [5.74, 6) is -0.246. The van der Waals surface area contributed by atoms with Crippen molar-refractivity contribution in [1.29, 1.82) is 0 Å². The van der Waals surface area contributed by atoms with Crippen molar-refractivity contribution in [2.45, 2.75) is 88.7 Å². The number of ether oxygens (including phenoxy) is 3. The lowest BCUT2D eigenvalue weighted by Gasteiger charge is -2.43. The minimum atomic E-state index is -4.08. The van der Waals surface area contributed by atoms with Gasteiger partial charge in [0, 0.05) is 25.0 Å². The van der Waals surface area contributed by atoms with Crippen molar-refractivity contribution >= 4 is 16.1 Å². The predicted molar refractivity (Wildman–Crippen MR) is 165 cm³/mol. The number of sulfonamides is 1. The Kier molecular flexibility index (Phi) is 12.0. The van der Waals surface area contributed by atoms with Crippen LogP contribution in [-0.2, 0) is 25.9 Å². The van der Waals surface area contributed by atoms with E-state index in [2.05, 4.69) is 0 Å². The van der Waals surface area contributed by atoms with Crippen molar-refractivity contribution in [3.63, 3.8) is 0 Å². The highest BCUT2D eigenvalue weighted by Gasteiger charge is 2.40. The molecule has 1 saturated heterocycles. The number of aliphatic hydroxyl groups is 1. The average molecular weight is 621 g/mol. The number of methoxy groups -OCH3 is 1. The van der Waals surface area contributed by atoms with Crippen LogP contribution in [-0.4, -0.2) is 90.8 Å². The van der Waals surface area contributed by atoms with Crippen molar-refractivity contribution in [2.75, 3.05) is 33.4 Å². The van der Waals surface area contributed by atoms with Crippen LogP contribution in [0.5, 0.6) is 5.75 Å². The summed E-state index contributed by atoms with van der Waals surface area (Å²) < 4.78 is 46.3. The molecule has 1 fully saturated rings. The Bertz CT molecular complexity index is 1260. The van der Waals surface area contributed by atoms with E-state index >= 15 is 0 Å². The fourth-order valence-electron chi connectivity index (χ4n) is 5.56. The molecule has 1 heterocycles. The van der Waals surface area contributed by atoms with Gasteiger partial charge < -0.3 is 24.4 Å². The molecule has 1 unspecified atom stereocenters. The average Bonchev–Trinajstić information content (AvgIpc) is 3.40. The molecule has 0 aliphatic carbocycles.